The lowest BCUT2D eigenvalue weighted by molar-refractivity contribution is 0.0726. The Morgan fingerprint density at radius 2 is 1.95 bits per heavy atom. The first kappa shape index (κ1) is 13.8. The Morgan fingerprint density at radius 3 is 2.76 bits per heavy atom. The van der Waals surface area contributed by atoms with E-state index in [0.29, 0.717) is 19.6 Å². The molecule has 0 unspecified atom stereocenters. The highest BCUT2D eigenvalue weighted by molar-refractivity contribution is 5.96. The maximum atomic E-state index is 13.4. The second kappa shape index (κ2) is 5.66. The van der Waals surface area contributed by atoms with Crippen molar-refractivity contribution in [2.45, 2.75) is 19.5 Å². The minimum Gasteiger partial charge on any atom is -0.334 e. The Kier molecular flexibility index (Phi) is 3.71. The molecule has 0 bridgehead atoms. The molecule has 3 rings (SSSR count). The zero-order chi connectivity index (χ0) is 14.8. The van der Waals surface area contributed by atoms with Gasteiger partial charge in [-0.2, -0.15) is 0 Å². The Bertz CT molecular complexity index is 684. The van der Waals surface area contributed by atoms with E-state index in [0.717, 1.165) is 28.7 Å². The van der Waals surface area contributed by atoms with Crippen LogP contribution < -0.4 is 5.73 Å². The summed E-state index contributed by atoms with van der Waals surface area (Å²) in [6, 6.07) is 12.2. The van der Waals surface area contributed by atoms with Crippen molar-refractivity contribution in [3.05, 3.63) is 70.5 Å². The number of hydrogen-bond acceptors (Lipinski definition) is 2. The zero-order valence-electron chi connectivity index (χ0n) is 11.7. The summed E-state index contributed by atoms with van der Waals surface area (Å²) in [7, 11) is 0. The van der Waals surface area contributed by atoms with Gasteiger partial charge in [-0.1, -0.05) is 24.3 Å². The van der Waals surface area contributed by atoms with Crippen molar-refractivity contribution in [1.29, 1.82) is 0 Å². The minimum atomic E-state index is -0.299. The monoisotopic (exact) mass is 284 g/mol. The summed E-state index contributed by atoms with van der Waals surface area (Å²) >= 11 is 0. The number of halogens is 1. The normalized spacial score (nSPS) is 14.2. The molecule has 2 aromatic rings. The topological polar surface area (TPSA) is 46.3 Å². The van der Waals surface area contributed by atoms with Crippen LogP contribution in [0.2, 0.25) is 0 Å². The molecule has 0 fully saturated rings. The highest BCUT2D eigenvalue weighted by Gasteiger charge is 2.24. The van der Waals surface area contributed by atoms with Crippen molar-refractivity contribution in [3.8, 4) is 0 Å². The molecule has 0 aliphatic carbocycles. The van der Waals surface area contributed by atoms with E-state index in [4.69, 9.17) is 5.73 Å². The van der Waals surface area contributed by atoms with Crippen molar-refractivity contribution >= 4 is 5.91 Å². The largest absolute Gasteiger partial charge is 0.334 e. The number of rotatable bonds is 3. The second-order valence-corrected chi connectivity index (χ2v) is 5.25. The lowest BCUT2D eigenvalue weighted by atomic mass is 9.98. The fourth-order valence-corrected chi connectivity index (χ4v) is 2.77. The first-order chi connectivity index (χ1) is 10.2. The van der Waals surface area contributed by atoms with Crippen LogP contribution in [0.4, 0.5) is 4.39 Å². The van der Waals surface area contributed by atoms with E-state index in [9.17, 15) is 9.18 Å². The average molecular weight is 284 g/mol. The molecule has 2 aromatic carbocycles. The van der Waals surface area contributed by atoms with Crippen molar-refractivity contribution in [1.82, 2.24) is 4.90 Å². The molecule has 0 atom stereocenters. The molecular formula is C17H17FN2O. The third kappa shape index (κ3) is 2.67. The van der Waals surface area contributed by atoms with E-state index >= 15 is 0 Å². The third-order valence-electron chi connectivity index (χ3n) is 3.94. The summed E-state index contributed by atoms with van der Waals surface area (Å²) in [5.74, 6) is -0.295. The Labute approximate surface area is 123 Å². The fourth-order valence-electron chi connectivity index (χ4n) is 2.77. The first-order valence-corrected chi connectivity index (χ1v) is 7.03. The summed E-state index contributed by atoms with van der Waals surface area (Å²) in [6.07, 6.45) is 0.829. The Balaban J connectivity index is 1.87. The number of fused-ring (bicyclic) bond motifs is 1. The van der Waals surface area contributed by atoms with Crippen LogP contribution >= 0.6 is 0 Å². The van der Waals surface area contributed by atoms with Gasteiger partial charge in [0.15, 0.2) is 0 Å². The molecule has 0 radical (unpaired) electrons. The van der Waals surface area contributed by atoms with Crippen LogP contribution in [0.5, 0.6) is 0 Å². The van der Waals surface area contributed by atoms with Gasteiger partial charge in [-0.15, -0.1) is 0 Å². The molecule has 1 amide bonds. The number of hydrogen-bond donors (Lipinski definition) is 1. The molecule has 1 aliphatic heterocycles. The van der Waals surface area contributed by atoms with Gasteiger partial charge < -0.3 is 10.6 Å². The van der Waals surface area contributed by atoms with E-state index in [1.165, 1.54) is 12.1 Å². The molecule has 2 N–H and O–H groups in total. The maximum absolute atomic E-state index is 13.4. The van der Waals surface area contributed by atoms with Crippen LogP contribution in [-0.2, 0) is 19.5 Å². The van der Waals surface area contributed by atoms with Gasteiger partial charge >= 0.3 is 0 Å². The molecule has 1 heterocycles. The molecular weight excluding hydrogens is 267 g/mol. The van der Waals surface area contributed by atoms with Crippen LogP contribution in [0.1, 0.15) is 27.0 Å². The summed E-state index contributed by atoms with van der Waals surface area (Å²) < 4.78 is 13.4. The average Bonchev–Trinajstić information content (AvgIpc) is 2.51. The molecule has 3 nitrogen and oxygen atoms in total. The first-order valence-electron chi connectivity index (χ1n) is 7.03. The van der Waals surface area contributed by atoms with Crippen molar-refractivity contribution < 1.29 is 9.18 Å². The predicted octanol–water partition coefficient (Wildman–Crippen LogP) is 2.48. The van der Waals surface area contributed by atoms with E-state index in [2.05, 4.69) is 0 Å². The maximum Gasteiger partial charge on any atom is 0.254 e. The molecule has 0 saturated carbocycles. The van der Waals surface area contributed by atoms with Gasteiger partial charge in [-0.05, 0) is 41.3 Å². The van der Waals surface area contributed by atoms with Gasteiger partial charge in [0.2, 0.25) is 0 Å². The Morgan fingerprint density at radius 1 is 1.14 bits per heavy atom. The number of nitrogens with two attached hydrogens (primary N) is 1. The van der Waals surface area contributed by atoms with Crippen LogP contribution in [0, 0.1) is 5.82 Å². The van der Waals surface area contributed by atoms with Crippen LogP contribution in [0.25, 0.3) is 0 Å². The van der Waals surface area contributed by atoms with Gasteiger partial charge in [-0.25, -0.2) is 4.39 Å². The lowest BCUT2D eigenvalue weighted by Gasteiger charge is -2.29. The molecule has 4 heteroatoms. The highest BCUT2D eigenvalue weighted by Crippen LogP contribution is 2.22. The standard InChI is InChI=1S/C17H17FN2O/c18-15-6-5-13(10-19)14(9-15)11-20-8-7-12-3-1-2-4-16(12)17(20)21/h1-6,9H,7-8,10-11,19H2. The van der Waals surface area contributed by atoms with E-state index < -0.39 is 0 Å². The van der Waals surface area contributed by atoms with Gasteiger partial charge in [0.1, 0.15) is 5.82 Å². The van der Waals surface area contributed by atoms with Gasteiger partial charge in [0.05, 0.1) is 0 Å². The van der Waals surface area contributed by atoms with E-state index in [1.54, 1.807) is 11.0 Å². The smallest absolute Gasteiger partial charge is 0.254 e. The summed E-state index contributed by atoms with van der Waals surface area (Å²) in [6.45, 7) is 1.39. The number of carbonyl (C=O) groups excluding carboxylic acids is 1. The summed E-state index contributed by atoms with van der Waals surface area (Å²) in [4.78, 5) is 14.3. The van der Waals surface area contributed by atoms with Crippen molar-refractivity contribution in [2.75, 3.05) is 6.54 Å². The number of amides is 1. The van der Waals surface area contributed by atoms with Crippen molar-refractivity contribution in [3.63, 3.8) is 0 Å². The zero-order valence-corrected chi connectivity index (χ0v) is 11.7. The SMILES string of the molecule is NCc1ccc(F)cc1CN1CCc2ccccc2C1=O. The van der Waals surface area contributed by atoms with Crippen LogP contribution in [0.15, 0.2) is 42.5 Å². The molecule has 0 aromatic heterocycles. The second-order valence-electron chi connectivity index (χ2n) is 5.25. The van der Waals surface area contributed by atoms with Crippen molar-refractivity contribution in [2.24, 2.45) is 5.73 Å². The Hall–Kier alpha value is -2.20. The fraction of sp³-hybridized carbons (Fsp3) is 0.235. The lowest BCUT2D eigenvalue weighted by Crippen LogP contribution is -2.37. The molecule has 1 aliphatic rings. The quantitative estimate of drug-likeness (QED) is 0.941. The molecule has 108 valence electrons. The van der Waals surface area contributed by atoms with Gasteiger partial charge in [-0.3, -0.25) is 4.79 Å². The predicted molar refractivity (Wildman–Crippen MR) is 79.2 cm³/mol. The molecule has 0 spiro atoms. The number of nitrogens with zero attached hydrogens (tertiary/aromatic N) is 1. The summed E-state index contributed by atoms with van der Waals surface area (Å²) in [5, 5.41) is 0. The minimum absolute atomic E-state index is 0.00378. The van der Waals surface area contributed by atoms with E-state index in [1.807, 2.05) is 24.3 Å². The third-order valence-corrected chi connectivity index (χ3v) is 3.94. The van der Waals surface area contributed by atoms with Crippen LogP contribution in [-0.4, -0.2) is 17.4 Å². The summed E-state index contributed by atoms with van der Waals surface area (Å²) in [5.41, 5.74) is 9.18. The molecule has 0 saturated heterocycles. The highest BCUT2D eigenvalue weighted by atomic mass is 19.1. The van der Waals surface area contributed by atoms with Gasteiger partial charge in [0, 0.05) is 25.2 Å². The number of benzene rings is 2. The molecule has 21 heavy (non-hydrogen) atoms. The van der Waals surface area contributed by atoms with Gasteiger partial charge in [0.25, 0.3) is 5.91 Å². The van der Waals surface area contributed by atoms with Crippen LogP contribution in [0.3, 0.4) is 0 Å². The van der Waals surface area contributed by atoms with E-state index in [-0.39, 0.29) is 11.7 Å². The number of carbonyl (C=O) groups is 1.